The average molecular weight is 549 g/mol. The maximum atomic E-state index is 11.8. The molecule has 5 rings (SSSR count). The summed E-state index contributed by atoms with van der Waals surface area (Å²) in [6, 6.07) is 23.0. The highest BCUT2D eigenvalue weighted by molar-refractivity contribution is 8.15. The minimum atomic E-state index is -0.386. The third-order valence-corrected chi connectivity index (χ3v) is 7.99. The summed E-state index contributed by atoms with van der Waals surface area (Å²) in [7, 11) is 0. The van der Waals surface area contributed by atoms with Gasteiger partial charge in [0.2, 0.25) is 11.8 Å². The number of benzene rings is 3. The summed E-state index contributed by atoms with van der Waals surface area (Å²) in [6.45, 7) is 0.791. The van der Waals surface area contributed by atoms with E-state index < -0.39 is 0 Å². The molecule has 38 heavy (non-hydrogen) atoms. The lowest BCUT2D eigenvalue weighted by Crippen LogP contribution is -2.25. The fourth-order valence-corrected chi connectivity index (χ4v) is 5.79. The van der Waals surface area contributed by atoms with Crippen LogP contribution in [0.15, 0.2) is 72.8 Å². The maximum absolute atomic E-state index is 11.8. The van der Waals surface area contributed by atoms with E-state index in [0.717, 1.165) is 45.8 Å². The zero-order chi connectivity index (χ0) is 26.5. The first-order valence-electron chi connectivity index (χ1n) is 12.0. The molecule has 4 amide bonds. The van der Waals surface area contributed by atoms with Crippen molar-refractivity contribution in [2.75, 3.05) is 0 Å². The van der Waals surface area contributed by atoms with Crippen molar-refractivity contribution in [3.8, 4) is 11.5 Å². The molecule has 3 aromatic carbocycles. The van der Waals surface area contributed by atoms with Gasteiger partial charge >= 0.3 is 0 Å². The van der Waals surface area contributed by atoms with Gasteiger partial charge in [-0.2, -0.15) is 0 Å². The summed E-state index contributed by atoms with van der Waals surface area (Å²) in [4.78, 5) is 46.2. The molecule has 2 aliphatic heterocycles. The largest absolute Gasteiger partial charge is 0.489 e. The van der Waals surface area contributed by atoms with Gasteiger partial charge in [-0.3, -0.25) is 29.8 Å². The first-order chi connectivity index (χ1) is 18.4. The summed E-state index contributed by atoms with van der Waals surface area (Å²) < 4.78 is 11.8. The van der Waals surface area contributed by atoms with E-state index in [4.69, 9.17) is 9.47 Å². The molecule has 2 atom stereocenters. The maximum Gasteiger partial charge on any atom is 0.286 e. The average Bonchev–Trinajstić information content (AvgIpc) is 3.41. The zero-order valence-corrected chi connectivity index (χ0v) is 21.8. The summed E-state index contributed by atoms with van der Waals surface area (Å²) in [5, 5.41) is 3.25. The Balaban J connectivity index is 1.09. The Morgan fingerprint density at radius 2 is 1.00 bits per heavy atom. The molecule has 8 nitrogen and oxygen atoms in total. The molecule has 0 aliphatic carbocycles. The van der Waals surface area contributed by atoms with Crippen LogP contribution in [-0.4, -0.2) is 32.8 Å². The minimum absolute atomic E-state index is 0.242. The summed E-state index contributed by atoms with van der Waals surface area (Å²) in [5.41, 5.74) is 3.93. The Bertz CT molecular complexity index is 1260. The van der Waals surface area contributed by atoms with Crippen molar-refractivity contribution in [1.29, 1.82) is 0 Å². The van der Waals surface area contributed by atoms with Crippen LogP contribution in [0, 0.1) is 0 Å². The van der Waals surface area contributed by atoms with Gasteiger partial charge in [0.15, 0.2) is 0 Å². The van der Waals surface area contributed by atoms with Gasteiger partial charge in [-0.25, -0.2) is 0 Å². The standard InChI is InChI=1S/C28H24N2O6S2/c31-25-23(37-27(33)29-25)13-17-4-8-21(9-5-17)35-15-19-2-1-3-20(12-19)16-36-22-10-6-18(7-11-22)14-24-26(32)30-28(34)38-24/h1-12,23-24H,13-16H2,(H,29,31,33)(H,30,32,34). The third-order valence-electron chi connectivity index (χ3n) is 6.03. The number of nitrogens with one attached hydrogen (secondary N) is 2. The van der Waals surface area contributed by atoms with Crippen LogP contribution in [-0.2, 0) is 35.6 Å². The molecule has 0 bridgehead atoms. The number of imide groups is 2. The molecule has 2 saturated heterocycles. The lowest BCUT2D eigenvalue weighted by molar-refractivity contribution is -0.119. The minimum Gasteiger partial charge on any atom is -0.489 e. The van der Waals surface area contributed by atoms with Gasteiger partial charge in [0.25, 0.3) is 10.5 Å². The second-order valence-corrected chi connectivity index (χ2v) is 11.2. The Kier molecular flexibility index (Phi) is 8.00. The molecule has 0 saturated carbocycles. The smallest absolute Gasteiger partial charge is 0.286 e. The molecule has 194 valence electrons. The van der Waals surface area contributed by atoms with E-state index in [1.807, 2.05) is 72.8 Å². The van der Waals surface area contributed by atoms with E-state index in [2.05, 4.69) is 10.6 Å². The molecule has 2 heterocycles. The fourth-order valence-electron chi connectivity index (χ4n) is 4.07. The van der Waals surface area contributed by atoms with Gasteiger partial charge in [-0.05, 0) is 65.4 Å². The topological polar surface area (TPSA) is 111 Å². The number of ether oxygens (including phenoxy) is 2. The highest BCUT2D eigenvalue weighted by Gasteiger charge is 2.32. The van der Waals surface area contributed by atoms with Crippen molar-refractivity contribution in [3.05, 3.63) is 95.1 Å². The summed E-state index contributed by atoms with van der Waals surface area (Å²) in [6.07, 6.45) is 0.982. The highest BCUT2D eigenvalue weighted by atomic mass is 32.2. The fraction of sp³-hybridized carbons (Fsp3) is 0.214. The van der Waals surface area contributed by atoms with Crippen LogP contribution in [0.4, 0.5) is 9.59 Å². The predicted molar refractivity (Wildman–Crippen MR) is 145 cm³/mol. The van der Waals surface area contributed by atoms with Crippen molar-refractivity contribution >= 4 is 45.8 Å². The van der Waals surface area contributed by atoms with Crippen molar-refractivity contribution < 1.29 is 28.7 Å². The number of hydrogen-bond donors (Lipinski definition) is 2. The van der Waals surface area contributed by atoms with Crippen LogP contribution in [0.2, 0.25) is 0 Å². The molecular weight excluding hydrogens is 524 g/mol. The lowest BCUT2D eigenvalue weighted by Gasteiger charge is -2.11. The molecule has 3 aromatic rings. The normalized spacial score (nSPS) is 18.8. The number of hydrogen-bond acceptors (Lipinski definition) is 8. The highest BCUT2D eigenvalue weighted by Crippen LogP contribution is 2.25. The number of thioether (sulfide) groups is 2. The second-order valence-electron chi connectivity index (χ2n) is 8.86. The Morgan fingerprint density at radius 3 is 1.37 bits per heavy atom. The van der Waals surface area contributed by atoms with Crippen LogP contribution < -0.4 is 20.1 Å². The molecular formula is C28H24N2O6S2. The monoisotopic (exact) mass is 548 g/mol. The van der Waals surface area contributed by atoms with E-state index in [1.54, 1.807) is 0 Å². The molecule has 2 N–H and O–H groups in total. The van der Waals surface area contributed by atoms with E-state index in [0.29, 0.717) is 37.6 Å². The molecule has 2 aliphatic rings. The quantitative estimate of drug-likeness (QED) is 0.377. The van der Waals surface area contributed by atoms with Crippen molar-refractivity contribution in [1.82, 2.24) is 10.6 Å². The third kappa shape index (κ3) is 6.76. The van der Waals surface area contributed by atoms with Gasteiger partial charge < -0.3 is 9.47 Å². The van der Waals surface area contributed by atoms with Crippen molar-refractivity contribution in [3.63, 3.8) is 0 Å². The first-order valence-corrected chi connectivity index (χ1v) is 13.7. The van der Waals surface area contributed by atoms with Gasteiger partial charge in [0.1, 0.15) is 24.7 Å². The van der Waals surface area contributed by atoms with Crippen molar-refractivity contribution in [2.24, 2.45) is 0 Å². The molecule has 0 radical (unpaired) electrons. The van der Waals surface area contributed by atoms with Gasteiger partial charge in [-0.1, -0.05) is 66.0 Å². The lowest BCUT2D eigenvalue weighted by atomic mass is 10.1. The van der Waals surface area contributed by atoms with E-state index >= 15 is 0 Å². The Labute approximate surface area is 227 Å². The van der Waals surface area contributed by atoms with E-state index in [-0.39, 0.29) is 32.8 Å². The van der Waals surface area contributed by atoms with Crippen LogP contribution >= 0.6 is 23.5 Å². The van der Waals surface area contributed by atoms with Crippen molar-refractivity contribution in [2.45, 2.75) is 36.6 Å². The summed E-state index contributed by atoms with van der Waals surface area (Å²) in [5.74, 6) is 0.948. The van der Waals surface area contributed by atoms with Gasteiger partial charge in [0.05, 0.1) is 10.5 Å². The van der Waals surface area contributed by atoms with E-state index in [1.165, 1.54) is 0 Å². The van der Waals surface area contributed by atoms with Crippen LogP contribution in [0.5, 0.6) is 11.5 Å². The zero-order valence-electron chi connectivity index (χ0n) is 20.2. The number of carbonyl (C=O) groups is 4. The van der Waals surface area contributed by atoms with Crippen LogP contribution in [0.1, 0.15) is 22.3 Å². The first kappa shape index (κ1) is 25.9. The molecule has 2 fully saturated rings. The van der Waals surface area contributed by atoms with Gasteiger partial charge in [0, 0.05) is 0 Å². The van der Waals surface area contributed by atoms with Crippen LogP contribution in [0.25, 0.3) is 0 Å². The number of rotatable bonds is 10. The Hall–Kier alpha value is -3.76. The molecule has 0 aromatic heterocycles. The summed E-state index contributed by atoms with van der Waals surface area (Å²) >= 11 is 2.05. The molecule has 10 heteroatoms. The molecule has 2 unspecified atom stereocenters. The van der Waals surface area contributed by atoms with Crippen LogP contribution in [0.3, 0.4) is 0 Å². The predicted octanol–water partition coefficient (Wildman–Crippen LogP) is 4.63. The number of carbonyl (C=O) groups excluding carboxylic acids is 4. The SMILES string of the molecule is O=C1NC(=O)C(Cc2ccc(OCc3cccc(COc4ccc(CC5SC(=O)NC5=O)cc4)c3)cc2)S1. The number of amides is 4. The van der Waals surface area contributed by atoms with E-state index in [9.17, 15) is 19.2 Å². The molecule has 0 spiro atoms. The second kappa shape index (κ2) is 11.7. The Morgan fingerprint density at radius 1 is 0.579 bits per heavy atom. The van der Waals surface area contributed by atoms with Gasteiger partial charge in [-0.15, -0.1) is 0 Å².